The lowest BCUT2D eigenvalue weighted by molar-refractivity contribution is 0.198. The molecule has 2 rings (SSSR count). The van der Waals surface area contributed by atoms with Gasteiger partial charge in [-0.1, -0.05) is 6.07 Å². The average molecular weight is 205 g/mol. The van der Waals surface area contributed by atoms with Gasteiger partial charge in [0.2, 0.25) is 0 Å². The van der Waals surface area contributed by atoms with Crippen molar-refractivity contribution < 1.29 is 4.74 Å². The molecule has 1 heterocycles. The summed E-state index contributed by atoms with van der Waals surface area (Å²) in [5.41, 5.74) is 3.89. The van der Waals surface area contributed by atoms with Crippen LogP contribution in [0.5, 0.6) is 5.75 Å². The van der Waals surface area contributed by atoms with E-state index in [1.54, 1.807) is 0 Å². The third-order valence-corrected chi connectivity index (χ3v) is 3.13. The fourth-order valence-electron chi connectivity index (χ4n) is 1.76. The zero-order chi connectivity index (χ0) is 10.8. The fraction of sp³-hybridized carbons (Fsp3) is 0.538. The van der Waals surface area contributed by atoms with Gasteiger partial charge in [0.25, 0.3) is 0 Å². The topological polar surface area (TPSA) is 21.3 Å². The first-order valence-corrected chi connectivity index (χ1v) is 5.58. The minimum Gasteiger partial charge on any atom is -0.493 e. The molecule has 1 aromatic rings. The lowest BCUT2D eigenvalue weighted by Crippen LogP contribution is -2.45. The molecule has 1 saturated heterocycles. The van der Waals surface area contributed by atoms with Crippen LogP contribution in [-0.2, 0) is 0 Å². The van der Waals surface area contributed by atoms with Crippen molar-refractivity contribution in [1.29, 1.82) is 0 Å². The maximum atomic E-state index is 5.84. The highest BCUT2D eigenvalue weighted by Crippen LogP contribution is 2.23. The molecule has 0 atom stereocenters. The predicted octanol–water partition coefficient (Wildman–Crippen LogP) is 2.21. The van der Waals surface area contributed by atoms with Crippen LogP contribution in [0.15, 0.2) is 12.1 Å². The summed E-state index contributed by atoms with van der Waals surface area (Å²) in [7, 11) is 0. The molecule has 1 fully saturated rings. The highest BCUT2D eigenvalue weighted by Gasteiger charge is 2.17. The van der Waals surface area contributed by atoms with Crippen molar-refractivity contribution >= 4 is 0 Å². The number of hydrogen-bond acceptors (Lipinski definition) is 2. The second kappa shape index (κ2) is 4.23. The molecule has 0 bridgehead atoms. The van der Waals surface area contributed by atoms with E-state index in [4.69, 9.17) is 4.74 Å². The van der Waals surface area contributed by atoms with Gasteiger partial charge >= 0.3 is 0 Å². The molecule has 0 saturated carbocycles. The zero-order valence-corrected chi connectivity index (χ0v) is 9.76. The Morgan fingerprint density at radius 3 is 2.40 bits per heavy atom. The molecule has 0 aromatic heterocycles. The van der Waals surface area contributed by atoms with Crippen LogP contribution in [0.1, 0.15) is 16.7 Å². The Bertz CT molecular complexity index is 356. The first-order chi connectivity index (χ1) is 7.16. The summed E-state index contributed by atoms with van der Waals surface area (Å²) >= 11 is 0. The van der Waals surface area contributed by atoms with Gasteiger partial charge in [-0.25, -0.2) is 0 Å². The van der Waals surface area contributed by atoms with Crippen molar-refractivity contribution in [2.24, 2.45) is 5.92 Å². The lowest BCUT2D eigenvalue weighted by atomic mass is 10.0. The van der Waals surface area contributed by atoms with Crippen LogP contribution in [0.4, 0.5) is 0 Å². The number of benzene rings is 1. The van der Waals surface area contributed by atoms with E-state index in [0.29, 0.717) is 5.92 Å². The van der Waals surface area contributed by atoms with Crippen LogP contribution in [-0.4, -0.2) is 19.7 Å². The van der Waals surface area contributed by atoms with Crippen molar-refractivity contribution in [3.05, 3.63) is 28.8 Å². The predicted molar refractivity (Wildman–Crippen MR) is 62.5 cm³/mol. The van der Waals surface area contributed by atoms with Gasteiger partial charge in [-0.2, -0.15) is 0 Å². The van der Waals surface area contributed by atoms with Crippen LogP contribution >= 0.6 is 0 Å². The number of hydrogen-bond donors (Lipinski definition) is 1. The summed E-state index contributed by atoms with van der Waals surface area (Å²) in [6.45, 7) is 9.43. The van der Waals surface area contributed by atoms with Crippen LogP contribution in [0, 0.1) is 26.7 Å². The third kappa shape index (κ3) is 2.32. The summed E-state index contributed by atoms with van der Waals surface area (Å²) in [5, 5.41) is 3.25. The molecular weight excluding hydrogens is 186 g/mol. The standard InChI is InChI=1S/C13H19NO/c1-9-4-11(3)13(5-10(9)2)15-8-12-6-14-7-12/h4-5,12,14H,6-8H2,1-3H3. The van der Waals surface area contributed by atoms with Crippen molar-refractivity contribution in [1.82, 2.24) is 5.32 Å². The Morgan fingerprint density at radius 1 is 1.13 bits per heavy atom. The highest BCUT2D eigenvalue weighted by atomic mass is 16.5. The van der Waals surface area contributed by atoms with E-state index < -0.39 is 0 Å². The van der Waals surface area contributed by atoms with Gasteiger partial charge in [0.1, 0.15) is 5.75 Å². The van der Waals surface area contributed by atoms with E-state index in [2.05, 4.69) is 38.2 Å². The van der Waals surface area contributed by atoms with Gasteiger partial charge in [0.15, 0.2) is 0 Å². The molecule has 1 aromatic carbocycles. The molecule has 0 aliphatic carbocycles. The van der Waals surface area contributed by atoms with Crippen molar-refractivity contribution in [3.63, 3.8) is 0 Å². The van der Waals surface area contributed by atoms with E-state index >= 15 is 0 Å². The summed E-state index contributed by atoms with van der Waals surface area (Å²) in [6, 6.07) is 4.35. The first kappa shape index (κ1) is 10.5. The monoisotopic (exact) mass is 205 g/mol. The molecule has 1 aliphatic heterocycles. The Balaban J connectivity index is 2.03. The third-order valence-electron chi connectivity index (χ3n) is 3.13. The minimum atomic E-state index is 0.700. The molecule has 15 heavy (non-hydrogen) atoms. The average Bonchev–Trinajstić information content (AvgIpc) is 2.11. The second-order valence-electron chi connectivity index (χ2n) is 4.54. The van der Waals surface area contributed by atoms with Gasteiger partial charge < -0.3 is 10.1 Å². The SMILES string of the molecule is Cc1cc(C)c(OCC2CNC2)cc1C. The lowest BCUT2D eigenvalue weighted by Gasteiger charge is -2.27. The van der Waals surface area contributed by atoms with E-state index in [1.807, 2.05) is 0 Å². The van der Waals surface area contributed by atoms with Gasteiger partial charge in [-0.15, -0.1) is 0 Å². The van der Waals surface area contributed by atoms with Crippen LogP contribution in [0.25, 0.3) is 0 Å². The van der Waals surface area contributed by atoms with Crippen molar-refractivity contribution in [2.45, 2.75) is 20.8 Å². The highest BCUT2D eigenvalue weighted by molar-refractivity contribution is 5.40. The van der Waals surface area contributed by atoms with Gasteiger partial charge in [0.05, 0.1) is 6.61 Å². The minimum absolute atomic E-state index is 0.700. The molecule has 2 nitrogen and oxygen atoms in total. The molecule has 1 N–H and O–H groups in total. The normalized spacial score (nSPS) is 16.2. The maximum absolute atomic E-state index is 5.84. The molecule has 1 aliphatic rings. The molecule has 82 valence electrons. The summed E-state index contributed by atoms with van der Waals surface area (Å²) in [4.78, 5) is 0. The Kier molecular flexibility index (Phi) is 2.96. The first-order valence-electron chi connectivity index (χ1n) is 5.58. The summed E-state index contributed by atoms with van der Waals surface area (Å²) in [5.74, 6) is 1.75. The number of nitrogens with one attached hydrogen (secondary N) is 1. The zero-order valence-electron chi connectivity index (χ0n) is 9.76. The fourth-order valence-corrected chi connectivity index (χ4v) is 1.76. The van der Waals surface area contributed by atoms with E-state index in [0.717, 1.165) is 25.4 Å². The number of ether oxygens (including phenoxy) is 1. The van der Waals surface area contributed by atoms with Crippen LogP contribution < -0.4 is 10.1 Å². The summed E-state index contributed by atoms with van der Waals surface area (Å²) in [6.07, 6.45) is 0. The molecule has 0 spiro atoms. The quantitative estimate of drug-likeness (QED) is 0.817. The van der Waals surface area contributed by atoms with Crippen molar-refractivity contribution in [2.75, 3.05) is 19.7 Å². The van der Waals surface area contributed by atoms with Crippen LogP contribution in [0.2, 0.25) is 0 Å². The molecule has 0 amide bonds. The maximum Gasteiger partial charge on any atom is 0.122 e. The number of rotatable bonds is 3. The smallest absolute Gasteiger partial charge is 0.122 e. The Hall–Kier alpha value is -1.02. The van der Waals surface area contributed by atoms with E-state index in [-0.39, 0.29) is 0 Å². The van der Waals surface area contributed by atoms with Crippen LogP contribution in [0.3, 0.4) is 0 Å². The molecular formula is C13H19NO. The second-order valence-corrected chi connectivity index (χ2v) is 4.54. The van der Waals surface area contributed by atoms with Gasteiger partial charge in [0, 0.05) is 19.0 Å². The molecule has 0 unspecified atom stereocenters. The molecule has 2 heteroatoms. The Labute approximate surface area is 91.6 Å². The van der Waals surface area contributed by atoms with Crippen molar-refractivity contribution in [3.8, 4) is 5.75 Å². The summed E-state index contributed by atoms with van der Waals surface area (Å²) < 4.78 is 5.84. The van der Waals surface area contributed by atoms with Gasteiger partial charge in [-0.05, 0) is 43.5 Å². The van der Waals surface area contributed by atoms with E-state index in [1.165, 1.54) is 16.7 Å². The van der Waals surface area contributed by atoms with Gasteiger partial charge in [-0.3, -0.25) is 0 Å². The Morgan fingerprint density at radius 2 is 1.80 bits per heavy atom. The number of aryl methyl sites for hydroxylation is 3. The largest absolute Gasteiger partial charge is 0.493 e. The molecule has 0 radical (unpaired) electrons. The van der Waals surface area contributed by atoms with E-state index in [9.17, 15) is 0 Å².